The maximum absolute atomic E-state index is 13.2. The minimum absolute atomic E-state index is 0.0902. The second-order valence-electron chi connectivity index (χ2n) is 8.75. The van der Waals surface area contributed by atoms with Crippen LogP contribution in [0, 0.1) is 11.3 Å². The molecule has 0 saturated carbocycles. The lowest BCUT2D eigenvalue weighted by Crippen LogP contribution is -2.53. The summed E-state index contributed by atoms with van der Waals surface area (Å²) < 4.78 is 5.15. The predicted molar refractivity (Wildman–Crippen MR) is 143 cm³/mol. The van der Waals surface area contributed by atoms with Gasteiger partial charge in [0.25, 0.3) is 11.8 Å². The molecule has 2 amide bonds. The summed E-state index contributed by atoms with van der Waals surface area (Å²) in [4.78, 5) is 42.3. The van der Waals surface area contributed by atoms with Gasteiger partial charge in [-0.25, -0.2) is 9.78 Å². The van der Waals surface area contributed by atoms with Crippen molar-refractivity contribution in [2.45, 2.75) is 26.2 Å². The van der Waals surface area contributed by atoms with E-state index >= 15 is 0 Å². The molecule has 3 rings (SSSR count). The monoisotopic (exact) mass is 535 g/mol. The fourth-order valence-electron chi connectivity index (χ4n) is 3.61. The SMILES string of the molecule is CCC(C)C(O)(O)NC(=O)c1ccc(-c2ccc(OC)nc2C(=O)Nc2ccc(C(=N)N)cc2)c(C(=O)O)c1. The molecule has 8 N–H and O–H groups in total. The van der Waals surface area contributed by atoms with Crippen LogP contribution in [-0.2, 0) is 0 Å². The van der Waals surface area contributed by atoms with Gasteiger partial charge in [-0.3, -0.25) is 15.0 Å². The van der Waals surface area contributed by atoms with E-state index in [1.165, 1.54) is 38.3 Å². The van der Waals surface area contributed by atoms with Crippen molar-refractivity contribution in [3.63, 3.8) is 0 Å². The van der Waals surface area contributed by atoms with Gasteiger partial charge >= 0.3 is 5.97 Å². The lowest BCUT2D eigenvalue weighted by molar-refractivity contribution is -0.210. The van der Waals surface area contributed by atoms with Crippen molar-refractivity contribution in [1.82, 2.24) is 10.3 Å². The number of rotatable bonds is 10. The van der Waals surface area contributed by atoms with E-state index in [0.717, 1.165) is 6.07 Å². The number of aliphatic hydroxyl groups is 2. The van der Waals surface area contributed by atoms with E-state index in [9.17, 15) is 29.7 Å². The quantitative estimate of drug-likeness (QED) is 0.115. The van der Waals surface area contributed by atoms with Gasteiger partial charge in [0.15, 0.2) is 0 Å². The van der Waals surface area contributed by atoms with Gasteiger partial charge in [0.05, 0.1) is 12.7 Å². The molecule has 0 bridgehead atoms. The molecular formula is C27H29N5O7. The number of anilines is 1. The molecular weight excluding hydrogens is 506 g/mol. The summed E-state index contributed by atoms with van der Waals surface area (Å²) in [5.41, 5.74) is 5.95. The first-order valence-corrected chi connectivity index (χ1v) is 11.8. The number of amides is 2. The minimum atomic E-state index is -2.50. The molecule has 1 aromatic heterocycles. The van der Waals surface area contributed by atoms with Gasteiger partial charge < -0.3 is 36.4 Å². The molecule has 2 aromatic carbocycles. The second kappa shape index (κ2) is 11.7. The van der Waals surface area contributed by atoms with Gasteiger partial charge in [0, 0.05) is 34.4 Å². The van der Waals surface area contributed by atoms with Crippen molar-refractivity contribution in [3.8, 4) is 17.0 Å². The molecule has 204 valence electrons. The van der Waals surface area contributed by atoms with Crippen LogP contribution in [0.4, 0.5) is 5.69 Å². The molecule has 1 unspecified atom stereocenters. The maximum atomic E-state index is 13.2. The number of carbonyl (C=O) groups excluding carboxylic acids is 2. The minimum Gasteiger partial charge on any atom is -0.481 e. The van der Waals surface area contributed by atoms with Crippen molar-refractivity contribution < 1.29 is 34.4 Å². The Morgan fingerprint density at radius 2 is 1.64 bits per heavy atom. The van der Waals surface area contributed by atoms with E-state index in [1.807, 2.05) is 0 Å². The molecule has 0 fully saturated rings. The Balaban J connectivity index is 2.02. The average molecular weight is 536 g/mol. The summed E-state index contributed by atoms with van der Waals surface area (Å²) in [7, 11) is 1.36. The van der Waals surface area contributed by atoms with Crippen LogP contribution in [0.25, 0.3) is 11.1 Å². The molecule has 39 heavy (non-hydrogen) atoms. The highest BCUT2D eigenvalue weighted by Crippen LogP contribution is 2.30. The third-order valence-electron chi connectivity index (χ3n) is 6.15. The number of ether oxygens (including phenoxy) is 1. The fourth-order valence-corrected chi connectivity index (χ4v) is 3.61. The Labute approximate surface area is 224 Å². The number of methoxy groups -OCH3 is 1. The first-order chi connectivity index (χ1) is 18.4. The number of hydrogen-bond donors (Lipinski definition) is 7. The fraction of sp³-hybridized carbons (Fsp3) is 0.222. The topological polar surface area (TPSA) is 208 Å². The van der Waals surface area contributed by atoms with E-state index in [2.05, 4.69) is 15.6 Å². The zero-order valence-corrected chi connectivity index (χ0v) is 21.5. The van der Waals surface area contributed by atoms with Crippen molar-refractivity contribution in [3.05, 3.63) is 77.0 Å². The number of nitrogens with one attached hydrogen (secondary N) is 3. The number of nitrogen functional groups attached to an aromatic ring is 1. The van der Waals surface area contributed by atoms with Gasteiger partial charge in [-0.1, -0.05) is 19.9 Å². The lowest BCUT2D eigenvalue weighted by atomic mass is 9.95. The van der Waals surface area contributed by atoms with Gasteiger partial charge in [-0.2, -0.15) is 0 Å². The number of nitrogens with two attached hydrogens (primary N) is 1. The molecule has 1 heterocycles. The summed E-state index contributed by atoms with van der Waals surface area (Å²) >= 11 is 0. The van der Waals surface area contributed by atoms with Gasteiger partial charge in [-0.15, -0.1) is 0 Å². The van der Waals surface area contributed by atoms with Crippen LogP contribution in [0.15, 0.2) is 54.6 Å². The molecule has 0 aliphatic carbocycles. The molecule has 0 saturated heterocycles. The van der Waals surface area contributed by atoms with Crippen LogP contribution in [0.5, 0.6) is 5.88 Å². The zero-order chi connectivity index (χ0) is 28.9. The summed E-state index contributed by atoms with van der Waals surface area (Å²) in [5.74, 6) is -6.16. The standard InChI is InChI=1S/C27H29N5O7/c1-4-14(2)27(37,38)32-24(33)16-7-10-18(20(13-16)26(35)36)19-11-12-21(39-3)31-22(19)25(34)30-17-8-5-15(6-9-17)23(28)29/h5-14,37-38H,4H2,1-3H3,(H3,28,29)(H,30,34)(H,32,33)(H,35,36). The van der Waals surface area contributed by atoms with Gasteiger partial charge in [0.2, 0.25) is 11.8 Å². The van der Waals surface area contributed by atoms with Crippen molar-refractivity contribution in [2.24, 2.45) is 11.7 Å². The highest BCUT2D eigenvalue weighted by atomic mass is 16.5. The maximum Gasteiger partial charge on any atom is 0.336 e. The number of amidine groups is 1. The Hall–Kier alpha value is -4.81. The van der Waals surface area contributed by atoms with Crippen molar-refractivity contribution >= 4 is 29.3 Å². The van der Waals surface area contributed by atoms with Crippen molar-refractivity contribution in [1.29, 1.82) is 5.41 Å². The number of hydrogen-bond acceptors (Lipinski definition) is 8. The number of aromatic nitrogens is 1. The summed E-state index contributed by atoms with van der Waals surface area (Å²) in [5, 5.41) is 42.5. The van der Waals surface area contributed by atoms with E-state index in [1.54, 1.807) is 31.2 Å². The third-order valence-corrected chi connectivity index (χ3v) is 6.15. The van der Waals surface area contributed by atoms with Crippen LogP contribution >= 0.6 is 0 Å². The smallest absolute Gasteiger partial charge is 0.336 e. The van der Waals surface area contributed by atoms with Crippen LogP contribution < -0.4 is 21.1 Å². The molecule has 1 atom stereocenters. The van der Waals surface area contributed by atoms with Gasteiger partial charge in [-0.05, 0) is 54.4 Å². The summed E-state index contributed by atoms with van der Waals surface area (Å²) in [6.45, 7) is 3.25. The highest BCUT2D eigenvalue weighted by Gasteiger charge is 2.32. The zero-order valence-electron chi connectivity index (χ0n) is 21.5. The number of benzene rings is 2. The molecule has 0 aliphatic heterocycles. The number of nitrogens with zero attached hydrogens (tertiary/aromatic N) is 1. The highest BCUT2D eigenvalue weighted by molar-refractivity contribution is 6.10. The van der Waals surface area contributed by atoms with E-state index < -0.39 is 29.6 Å². The number of carbonyl (C=O) groups is 3. The first-order valence-electron chi connectivity index (χ1n) is 11.8. The Morgan fingerprint density at radius 3 is 2.21 bits per heavy atom. The molecule has 3 aromatic rings. The number of carboxylic acids is 1. The number of pyridine rings is 1. The van der Waals surface area contributed by atoms with Crippen LogP contribution in [0.3, 0.4) is 0 Å². The predicted octanol–water partition coefficient (Wildman–Crippen LogP) is 2.41. The first kappa shape index (κ1) is 28.8. The summed E-state index contributed by atoms with van der Waals surface area (Å²) in [6, 6.07) is 12.8. The van der Waals surface area contributed by atoms with Crippen molar-refractivity contribution in [2.75, 3.05) is 12.4 Å². The Morgan fingerprint density at radius 1 is 1.03 bits per heavy atom. The van der Waals surface area contributed by atoms with E-state index in [0.29, 0.717) is 17.7 Å². The number of aromatic carboxylic acids is 1. The molecule has 12 heteroatoms. The largest absolute Gasteiger partial charge is 0.481 e. The number of carboxylic acid groups (broad SMARTS) is 1. The van der Waals surface area contributed by atoms with Crippen LogP contribution in [-0.4, -0.2) is 56.9 Å². The van der Waals surface area contributed by atoms with E-state index in [4.69, 9.17) is 15.9 Å². The second-order valence-corrected chi connectivity index (χ2v) is 8.75. The Kier molecular flexibility index (Phi) is 8.64. The lowest BCUT2D eigenvalue weighted by Gasteiger charge is -2.28. The van der Waals surface area contributed by atoms with Crippen LogP contribution in [0.1, 0.15) is 57.0 Å². The molecule has 0 aliphatic rings. The van der Waals surface area contributed by atoms with E-state index in [-0.39, 0.29) is 39.7 Å². The Bertz CT molecular complexity index is 1420. The third kappa shape index (κ3) is 6.55. The molecule has 0 radical (unpaired) electrons. The summed E-state index contributed by atoms with van der Waals surface area (Å²) in [6.07, 6.45) is 0.364. The average Bonchev–Trinajstić information content (AvgIpc) is 2.91. The van der Waals surface area contributed by atoms with Crippen LogP contribution in [0.2, 0.25) is 0 Å². The van der Waals surface area contributed by atoms with Gasteiger partial charge in [0.1, 0.15) is 11.5 Å². The normalized spacial score (nSPS) is 11.8. The molecule has 0 spiro atoms. The molecule has 12 nitrogen and oxygen atoms in total.